The lowest BCUT2D eigenvalue weighted by Gasteiger charge is -2.18. The average molecular weight is 419 g/mol. The zero-order valence-electron chi connectivity index (χ0n) is 15.9. The molecule has 1 aliphatic heterocycles. The maximum atomic E-state index is 13.1. The minimum Gasteiger partial charge on any atom is -0.452 e. The quantitative estimate of drug-likeness (QED) is 0.751. The largest absolute Gasteiger partial charge is 0.452 e. The van der Waals surface area contributed by atoms with Gasteiger partial charge in [0.1, 0.15) is 5.82 Å². The molecule has 29 heavy (non-hydrogen) atoms. The van der Waals surface area contributed by atoms with Gasteiger partial charge >= 0.3 is 5.97 Å². The van der Waals surface area contributed by atoms with Gasteiger partial charge in [0.2, 0.25) is 5.91 Å². The molecule has 0 spiro atoms. The van der Waals surface area contributed by atoms with Gasteiger partial charge in [-0.05, 0) is 44.2 Å². The summed E-state index contributed by atoms with van der Waals surface area (Å²) < 4.78 is 18.3. The van der Waals surface area contributed by atoms with Crippen LogP contribution in [0.25, 0.3) is 0 Å². The lowest BCUT2D eigenvalue weighted by Crippen LogP contribution is -2.33. The minimum atomic E-state index is -1.10. The number of hydrogen-bond donors (Lipinski definition) is 1. The number of halogens is 2. The van der Waals surface area contributed by atoms with Gasteiger partial charge in [0.05, 0.1) is 16.6 Å². The fourth-order valence-electron chi connectivity index (χ4n) is 2.99. The van der Waals surface area contributed by atoms with Gasteiger partial charge in [0, 0.05) is 18.7 Å². The number of carbonyl (C=O) groups is 3. The zero-order valence-corrected chi connectivity index (χ0v) is 16.7. The van der Waals surface area contributed by atoms with Crippen molar-refractivity contribution in [1.82, 2.24) is 0 Å². The van der Waals surface area contributed by atoms with E-state index < -0.39 is 29.7 Å². The molecular formula is C21H20ClFN2O4. The number of amides is 2. The standard InChI is InChI=1S/C21H20ClFN2O4/c1-12-3-6-16(7-4-12)25-11-14(9-19(25)26)21(28)29-13(2)20(27)24-18-8-5-15(23)10-17(18)22/h3-8,10,13-14H,9,11H2,1-2H3,(H,24,27)/t13-,14-/m0/s1. The molecule has 6 nitrogen and oxygen atoms in total. The molecule has 1 fully saturated rings. The van der Waals surface area contributed by atoms with Crippen molar-refractivity contribution in [2.24, 2.45) is 5.92 Å². The molecule has 0 saturated carbocycles. The third-order valence-corrected chi connectivity index (χ3v) is 4.97. The van der Waals surface area contributed by atoms with Crippen molar-refractivity contribution in [1.29, 1.82) is 0 Å². The molecule has 1 N–H and O–H groups in total. The van der Waals surface area contributed by atoms with Gasteiger partial charge in [0.15, 0.2) is 6.10 Å². The number of nitrogens with one attached hydrogen (secondary N) is 1. The molecule has 0 bridgehead atoms. The van der Waals surface area contributed by atoms with Crippen LogP contribution < -0.4 is 10.2 Å². The number of ether oxygens (including phenoxy) is 1. The fourth-order valence-corrected chi connectivity index (χ4v) is 3.20. The third kappa shape index (κ3) is 4.92. The second-order valence-electron chi connectivity index (χ2n) is 6.93. The average Bonchev–Trinajstić information content (AvgIpc) is 3.06. The zero-order chi connectivity index (χ0) is 21.1. The predicted molar refractivity (Wildman–Crippen MR) is 107 cm³/mol. The number of aryl methyl sites for hydroxylation is 1. The van der Waals surface area contributed by atoms with Crippen molar-refractivity contribution in [2.75, 3.05) is 16.8 Å². The Morgan fingerprint density at radius 2 is 1.93 bits per heavy atom. The van der Waals surface area contributed by atoms with Crippen LogP contribution in [0.2, 0.25) is 5.02 Å². The number of benzene rings is 2. The van der Waals surface area contributed by atoms with E-state index in [2.05, 4.69) is 5.32 Å². The Morgan fingerprint density at radius 3 is 2.59 bits per heavy atom. The molecule has 1 heterocycles. The Morgan fingerprint density at radius 1 is 1.24 bits per heavy atom. The van der Waals surface area contributed by atoms with E-state index in [-0.39, 0.29) is 29.6 Å². The summed E-state index contributed by atoms with van der Waals surface area (Å²) in [5, 5.41) is 2.52. The van der Waals surface area contributed by atoms with Crippen molar-refractivity contribution in [3.05, 3.63) is 58.9 Å². The normalized spacial score (nSPS) is 17.2. The predicted octanol–water partition coefficient (Wildman–Crippen LogP) is 3.71. The number of hydrogen-bond acceptors (Lipinski definition) is 4. The van der Waals surface area contributed by atoms with E-state index in [0.29, 0.717) is 5.69 Å². The first-order valence-corrected chi connectivity index (χ1v) is 9.46. The van der Waals surface area contributed by atoms with Crippen molar-refractivity contribution >= 4 is 40.8 Å². The number of carbonyl (C=O) groups excluding carboxylic acids is 3. The number of nitrogens with zero attached hydrogens (tertiary/aromatic N) is 1. The third-order valence-electron chi connectivity index (χ3n) is 4.66. The highest BCUT2D eigenvalue weighted by molar-refractivity contribution is 6.33. The molecule has 3 rings (SSSR count). The monoisotopic (exact) mass is 418 g/mol. The Kier molecular flexibility index (Phi) is 6.17. The fraction of sp³-hybridized carbons (Fsp3) is 0.286. The molecular weight excluding hydrogens is 399 g/mol. The molecule has 0 aromatic heterocycles. The molecule has 8 heteroatoms. The summed E-state index contributed by atoms with van der Waals surface area (Å²) >= 11 is 5.88. The van der Waals surface area contributed by atoms with Crippen molar-refractivity contribution < 1.29 is 23.5 Å². The molecule has 2 aromatic rings. The highest BCUT2D eigenvalue weighted by Gasteiger charge is 2.37. The summed E-state index contributed by atoms with van der Waals surface area (Å²) in [6, 6.07) is 11.0. The summed E-state index contributed by atoms with van der Waals surface area (Å²) in [4.78, 5) is 38.5. The van der Waals surface area contributed by atoms with Gasteiger partial charge in [-0.15, -0.1) is 0 Å². The van der Waals surface area contributed by atoms with Gasteiger partial charge in [-0.3, -0.25) is 14.4 Å². The van der Waals surface area contributed by atoms with E-state index in [1.807, 2.05) is 31.2 Å². The van der Waals surface area contributed by atoms with Crippen LogP contribution in [0.1, 0.15) is 18.9 Å². The van der Waals surface area contributed by atoms with Crippen LogP contribution in [-0.2, 0) is 19.1 Å². The lowest BCUT2D eigenvalue weighted by molar-refractivity contribution is -0.157. The van der Waals surface area contributed by atoms with Crippen LogP contribution in [0.5, 0.6) is 0 Å². The van der Waals surface area contributed by atoms with Gasteiger partial charge in [-0.2, -0.15) is 0 Å². The van der Waals surface area contributed by atoms with E-state index >= 15 is 0 Å². The number of esters is 1. The van der Waals surface area contributed by atoms with Gasteiger partial charge < -0.3 is 15.0 Å². The van der Waals surface area contributed by atoms with E-state index in [0.717, 1.165) is 17.7 Å². The Hall–Kier alpha value is -2.93. The maximum absolute atomic E-state index is 13.1. The first-order valence-electron chi connectivity index (χ1n) is 9.08. The highest BCUT2D eigenvalue weighted by atomic mass is 35.5. The lowest BCUT2D eigenvalue weighted by atomic mass is 10.1. The molecule has 2 atom stereocenters. The summed E-state index contributed by atoms with van der Waals surface area (Å²) in [5.41, 5.74) is 1.99. The summed E-state index contributed by atoms with van der Waals surface area (Å²) in [6.45, 7) is 3.55. The topological polar surface area (TPSA) is 75.7 Å². The summed E-state index contributed by atoms with van der Waals surface area (Å²) in [5.74, 6) is -2.59. The van der Waals surface area contributed by atoms with Crippen LogP contribution in [0, 0.1) is 18.7 Å². The highest BCUT2D eigenvalue weighted by Crippen LogP contribution is 2.27. The van der Waals surface area contributed by atoms with E-state index in [9.17, 15) is 18.8 Å². The Bertz CT molecular complexity index is 948. The Balaban J connectivity index is 1.58. The minimum absolute atomic E-state index is 0.0187. The van der Waals surface area contributed by atoms with Crippen LogP contribution in [0.3, 0.4) is 0 Å². The van der Waals surface area contributed by atoms with Crippen molar-refractivity contribution in [3.63, 3.8) is 0 Å². The van der Waals surface area contributed by atoms with E-state index in [1.54, 1.807) is 0 Å². The van der Waals surface area contributed by atoms with Crippen LogP contribution in [-0.4, -0.2) is 30.4 Å². The van der Waals surface area contributed by atoms with E-state index in [1.165, 1.54) is 17.9 Å². The van der Waals surface area contributed by atoms with Crippen molar-refractivity contribution in [2.45, 2.75) is 26.4 Å². The smallest absolute Gasteiger partial charge is 0.312 e. The summed E-state index contributed by atoms with van der Waals surface area (Å²) in [6.07, 6.45) is -1.09. The molecule has 0 unspecified atom stereocenters. The SMILES string of the molecule is Cc1ccc(N2C[C@@H](C(=O)O[C@@H](C)C(=O)Nc3ccc(F)cc3Cl)CC2=O)cc1. The molecule has 0 aliphatic carbocycles. The van der Waals surface area contributed by atoms with Gasteiger partial charge in [-0.25, -0.2) is 4.39 Å². The second kappa shape index (κ2) is 8.61. The van der Waals surface area contributed by atoms with Gasteiger partial charge in [-0.1, -0.05) is 29.3 Å². The summed E-state index contributed by atoms with van der Waals surface area (Å²) in [7, 11) is 0. The van der Waals surface area contributed by atoms with Crippen LogP contribution in [0.15, 0.2) is 42.5 Å². The van der Waals surface area contributed by atoms with E-state index in [4.69, 9.17) is 16.3 Å². The molecule has 152 valence electrons. The van der Waals surface area contributed by atoms with Crippen LogP contribution in [0.4, 0.5) is 15.8 Å². The van der Waals surface area contributed by atoms with Crippen molar-refractivity contribution in [3.8, 4) is 0 Å². The number of anilines is 2. The first kappa shape index (κ1) is 20.8. The molecule has 1 aliphatic rings. The van der Waals surface area contributed by atoms with Gasteiger partial charge in [0.25, 0.3) is 5.91 Å². The molecule has 2 amide bonds. The second-order valence-corrected chi connectivity index (χ2v) is 7.34. The molecule has 2 aromatic carbocycles. The Labute approximate surface area is 172 Å². The molecule has 1 saturated heterocycles. The van der Waals surface area contributed by atoms with Crippen LogP contribution >= 0.6 is 11.6 Å². The number of rotatable bonds is 5. The first-order chi connectivity index (χ1) is 13.7. The molecule has 0 radical (unpaired) electrons. The maximum Gasteiger partial charge on any atom is 0.312 e.